The van der Waals surface area contributed by atoms with Crippen LogP contribution >= 0.6 is 0 Å². The van der Waals surface area contributed by atoms with Crippen molar-refractivity contribution in [1.82, 2.24) is 0 Å². The Morgan fingerprint density at radius 3 is 2.58 bits per heavy atom. The standard InChI is InChI=1S/C24H36/c1-15(2)20-9-10-21-19-8-7-18-13-16(3)17(4)14-24(18,6)22(19)11-12-23(20,21)5/h13,17,19-22H,1,3,7-12,14H2,2,4-6H3. The Hall–Kier alpha value is -0.780. The lowest BCUT2D eigenvalue weighted by atomic mass is 9.46. The summed E-state index contributed by atoms with van der Waals surface area (Å²) in [5, 5.41) is 0. The Bertz CT molecular complexity index is 608. The normalized spacial score (nSPS) is 50.6. The molecule has 0 spiro atoms. The van der Waals surface area contributed by atoms with Crippen molar-refractivity contribution in [2.45, 2.75) is 72.6 Å². The smallest absolute Gasteiger partial charge is 0.00765 e. The second-order valence-electron chi connectivity index (χ2n) is 10.2. The number of rotatable bonds is 1. The van der Waals surface area contributed by atoms with Crippen LogP contribution in [0.25, 0.3) is 0 Å². The molecule has 0 amide bonds. The van der Waals surface area contributed by atoms with Gasteiger partial charge in [-0.1, -0.05) is 56.7 Å². The molecule has 0 aliphatic heterocycles. The van der Waals surface area contributed by atoms with E-state index in [9.17, 15) is 0 Å². The van der Waals surface area contributed by atoms with E-state index in [0.29, 0.717) is 16.7 Å². The monoisotopic (exact) mass is 324 g/mol. The molecule has 24 heavy (non-hydrogen) atoms. The van der Waals surface area contributed by atoms with E-state index in [1.165, 1.54) is 56.1 Å². The third-order valence-corrected chi connectivity index (χ3v) is 9.05. The van der Waals surface area contributed by atoms with Gasteiger partial charge in [-0.2, -0.15) is 0 Å². The summed E-state index contributed by atoms with van der Waals surface area (Å²) in [5.74, 6) is 4.25. The van der Waals surface area contributed by atoms with Crippen LogP contribution < -0.4 is 0 Å². The van der Waals surface area contributed by atoms with Gasteiger partial charge in [-0.3, -0.25) is 0 Å². The van der Waals surface area contributed by atoms with Crippen LogP contribution in [-0.2, 0) is 0 Å². The maximum absolute atomic E-state index is 4.36. The number of fused-ring (bicyclic) bond motifs is 5. The third kappa shape index (κ3) is 2.10. The molecule has 0 heterocycles. The molecule has 3 saturated carbocycles. The van der Waals surface area contributed by atoms with Crippen molar-refractivity contribution in [3.05, 3.63) is 36.0 Å². The predicted molar refractivity (Wildman–Crippen MR) is 104 cm³/mol. The van der Waals surface area contributed by atoms with E-state index < -0.39 is 0 Å². The first-order valence-electron chi connectivity index (χ1n) is 10.3. The second kappa shape index (κ2) is 5.36. The summed E-state index contributed by atoms with van der Waals surface area (Å²) in [7, 11) is 0. The minimum Gasteiger partial charge on any atom is -0.0998 e. The molecule has 0 heteroatoms. The molecule has 0 aromatic rings. The minimum absolute atomic E-state index is 0.451. The Morgan fingerprint density at radius 1 is 1.12 bits per heavy atom. The van der Waals surface area contributed by atoms with Crippen molar-refractivity contribution < 1.29 is 0 Å². The first-order valence-corrected chi connectivity index (χ1v) is 10.3. The molecule has 4 aliphatic carbocycles. The van der Waals surface area contributed by atoms with Crippen molar-refractivity contribution in [3.63, 3.8) is 0 Å². The van der Waals surface area contributed by atoms with Crippen LogP contribution in [0.5, 0.6) is 0 Å². The lowest BCUT2D eigenvalue weighted by molar-refractivity contribution is -0.0484. The predicted octanol–water partition coefficient (Wildman–Crippen LogP) is 6.94. The maximum Gasteiger partial charge on any atom is -0.00765 e. The molecule has 0 aromatic carbocycles. The Balaban J connectivity index is 1.68. The van der Waals surface area contributed by atoms with E-state index in [1.807, 2.05) is 0 Å². The highest BCUT2D eigenvalue weighted by Crippen LogP contribution is 2.67. The van der Waals surface area contributed by atoms with Gasteiger partial charge >= 0.3 is 0 Å². The highest BCUT2D eigenvalue weighted by Gasteiger charge is 2.59. The Kier molecular flexibility index (Phi) is 3.72. The van der Waals surface area contributed by atoms with Gasteiger partial charge in [0.2, 0.25) is 0 Å². The SMILES string of the molecule is C=C1C=C2CCC3C(CCC4(C)C(C(=C)C)CCC34)C2(C)CC1C. The molecule has 4 rings (SSSR count). The van der Waals surface area contributed by atoms with E-state index in [2.05, 4.69) is 46.9 Å². The summed E-state index contributed by atoms with van der Waals surface area (Å²) < 4.78 is 0. The van der Waals surface area contributed by atoms with E-state index >= 15 is 0 Å². The molecule has 3 fully saturated rings. The summed E-state index contributed by atoms with van der Waals surface area (Å²) in [6.45, 7) is 18.6. The average molecular weight is 325 g/mol. The highest BCUT2D eigenvalue weighted by atomic mass is 14.6. The van der Waals surface area contributed by atoms with E-state index in [4.69, 9.17) is 0 Å². The molecule has 0 aromatic heterocycles. The van der Waals surface area contributed by atoms with Gasteiger partial charge in [0.15, 0.2) is 0 Å². The van der Waals surface area contributed by atoms with Gasteiger partial charge in [-0.25, -0.2) is 0 Å². The van der Waals surface area contributed by atoms with Gasteiger partial charge in [0.1, 0.15) is 0 Å². The number of allylic oxidation sites excluding steroid dienone is 4. The van der Waals surface area contributed by atoms with Gasteiger partial charge in [-0.15, -0.1) is 0 Å². The molecular weight excluding hydrogens is 288 g/mol. The molecule has 0 saturated heterocycles. The number of hydrogen-bond acceptors (Lipinski definition) is 0. The van der Waals surface area contributed by atoms with Crippen LogP contribution in [-0.4, -0.2) is 0 Å². The van der Waals surface area contributed by atoms with Crippen LogP contribution in [0, 0.1) is 40.4 Å². The van der Waals surface area contributed by atoms with Gasteiger partial charge in [0.25, 0.3) is 0 Å². The lowest BCUT2D eigenvalue weighted by Gasteiger charge is -2.59. The fourth-order valence-corrected chi connectivity index (χ4v) is 7.79. The van der Waals surface area contributed by atoms with Gasteiger partial charge in [-0.05, 0) is 92.3 Å². The molecular formula is C24H36. The highest BCUT2D eigenvalue weighted by molar-refractivity contribution is 5.35. The maximum atomic E-state index is 4.36. The summed E-state index contributed by atoms with van der Waals surface area (Å²) in [6.07, 6.45) is 12.3. The summed E-state index contributed by atoms with van der Waals surface area (Å²) in [4.78, 5) is 0. The van der Waals surface area contributed by atoms with Crippen LogP contribution in [0.15, 0.2) is 36.0 Å². The van der Waals surface area contributed by atoms with E-state index in [1.54, 1.807) is 5.57 Å². The Labute approximate surface area is 149 Å². The first kappa shape index (κ1) is 16.7. The molecule has 0 radical (unpaired) electrons. The molecule has 4 aliphatic rings. The molecule has 0 nitrogen and oxygen atoms in total. The van der Waals surface area contributed by atoms with Crippen molar-refractivity contribution in [3.8, 4) is 0 Å². The van der Waals surface area contributed by atoms with Crippen LogP contribution in [0.3, 0.4) is 0 Å². The van der Waals surface area contributed by atoms with E-state index in [0.717, 1.165) is 23.7 Å². The Morgan fingerprint density at radius 2 is 1.88 bits per heavy atom. The fraction of sp³-hybridized carbons (Fsp3) is 0.750. The zero-order valence-corrected chi connectivity index (χ0v) is 16.3. The van der Waals surface area contributed by atoms with Gasteiger partial charge < -0.3 is 0 Å². The fourth-order valence-electron chi connectivity index (χ4n) is 7.79. The molecule has 7 atom stereocenters. The van der Waals surface area contributed by atoms with Crippen molar-refractivity contribution >= 4 is 0 Å². The van der Waals surface area contributed by atoms with Crippen molar-refractivity contribution in [2.75, 3.05) is 0 Å². The topological polar surface area (TPSA) is 0 Å². The number of hydrogen-bond donors (Lipinski definition) is 0. The molecule has 0 bridgehead atoms. The minimum atomic E-state index is 0.451. The van der Waals surface area contributed by atoms with Crippen molar-refractivity contribution in [2.24, 2.45) is 40.4 Å². The van der Waals surface area contributed by atoms with Crippen molar-refractivity contribution in [1.29, 1.82) is 0 Å². The first-order chi connectivity index (χ1) is 11.3. The quantitative estimate of drug-likeness (QED) is 0.458. The second-order valence-corrected chi connectivity index (χ2v) is 10.2. The average Bonchev–Trinajstić information content (AvgIpc) is 2.86. The van der Waals surface area contributed by atoms with E-state index in [-0.39, 0.29) is 0 Å². The van der Waals surface area contributed by atoms with Crippen LogP contribution in [0.1, 0.15) is 72.6 Å². The summed E-state index contributed by atoms with van der Waals surface area (Å²) in [5.41, 5.74) is 5.55. The zero-order chi connectivity index (χ0) is 17.3. The van der Waals surface area contributed by atoms with Crippen LogP contribution in [0.2, 0.25) is 0 Å². The summed E-state index contributed by atoms with van der Waals surface area (Å²) in [6, 6.07) is 0. The van der Waals surface area contributed by atoms with Gasteiger partial charge in [0, 0.05) is 0 Å². The molecule has 7 unspecified atom stereocenters. The van der Waals surface area contributed by atoms with Gasteiger partial charge in [0.05, 0.1) is 0 Å². The third-order valence-electron chi connectivity index (χ3n) is 9.05. The molecule has 132 valence electrons. The summed E-state index contributed by atoms with van der Waals surface area (Å²) >= 11 is 0. The van der Waals surface area contributed by atoms with Crippen LogP contribution in [0.4, 0.5) is 0 Å². The largest absolute Gasteiger partial charge is 0.0998 e. The molecule has 0 N–H and O–H groups in total. The zero-order valence-electron chi connectivity index (χ0n) is 16.3. The lowest BCUT2D eigenvalue weighted by Crippen LogP contribution is -2.50.